The highest BCUT2D eigenvalue weighted by molar-refractivity contribution is 5.63. The fraction of sp³-hybridized carbons (Fsp3) is 0.312. The summed E-state index contributed by atoms with van der Waals surface area (Å²) in [5.74, 6) is 0.640. The minimum Gasteiger partial charge on any atom is -0.508 e. The Bertz CT molecular complexity index is 1410. The van der Waals surface area contributed by atoms with Crippen LogP contribution >= 0.6 is 0 Å². The van der Waals surface area contributed by atoms with Crippen LogP contribution in [0.15, 0.2) is 73.1 Å². The first-order valence-electron chi connectivity index (χ1n) is 13.6. The number of benzene rings is 2. The average molecular weight is 507 g/mol. The zero-order chi connectivity index (χ0) is 25.9. The van der Waals surface area contributed by atoms with E-state index in [1.807, 2.05) is 36.7 Å². The maximum atomic E-state index is 10.9. The molecular formula is C32H34N4O2. The van der Waals surface area contributed by atoms with Crippen molar-refractivity contribution in [1.29, 1.82) is 0 Å². The van der Waals surface area contributed by atoms with Crippen LogP contribution in [0.5, 0.6) is 11.5 Å². The van der Waals surface area contributed by atoms with E-state index in [9.17, 15) is 10.2 Å². The SMILES string of the molecule is Oc1cc(CN(Cc2ccc(CNCc3ccccn3)cc2)C2CCCCc3cccnc32)c(O)c2c1C2. The summed E-state index contributed by atoms with van der Waals surface area (Å²) >= 11 is 0. The van der Waals surface area contributed by atoms with Crippen LogP contribution in [0.1, 0.15) is 70.1 Å². The first kappa shape index (κ1) is 24.6. The molecule has 1 unspecified atom stereocenters. The number of hydrogen-bond donors (Lipinski definition) is 3. The van der Waals surface area contributed by atoms with Crippen LogP contribution < -0.4 is 5.32 Å². The third kappa shape index (κ3) is 5.42. The lowest BCUT2D eigenvalue weighted by atomic mass is 10.0. The molecule has 0 spiro atoms. The van der Waals surface area contributed by atoms with E-state index in [1.54, 1.807) is 6.07 Å². The lowest BCUT2D eigenvalue weighted by Crippen LogP contribution is -2.29. The maximum Gasteiger partial charge on any atom is 0.124 e. The first-order chi connectivity index (χ1) is 18.7. The average Bonchev–Trinajstić information content (AvgIpc) is 3.77. The monoisotopic (exact) mass is 506 g/mol. The second kappa shape index (κ2) is 10.9. The van der Waals surface area contributed by atoms with Crippen molar-refractivity contribution in [2.75, 3.05) is 0 Å². The predicted molar refractivity (Wildman–Crippen MR) is 148 cm³/mol. The van der Waals surface area contributed by atoms with Gasteiger partial charge in [0.25, 0.3) is 0 Å². The molecule has 0 radical (unpaired) electrons. The molecule has 6 nitrogen and oxygen atoms in total. The van der Waals surface area contributed by atoms with Crippen molar-refractivity contribution in [2.45, 2.75) is 64.3 Å². The van der Waals surface area contributed by atoms with E-state index in [1.165, 1.54) is 16.7 Å². The van der Waals surface area contributed by atoms with Gasteiger partial charge in [0.1, 0.15) is 11.5 Å². The summed E-state index contributed by atoms with van der Waals surface area (Å²) in [6.07, 6.45) is 8.78. The van der Waals surface area contributed by atoms with Gasteiger partial charge in [-0.25, -0.2) is 0 Å². The van der Waals surface area contributed by atoms with E-state index in [0.717, 1.165) is 73.4 Å². The van der Waals surface area contributed by atoms with Crippen molar-refractivity contribution in [3.05, 3.63) is 118 Å². The highest BCUT2D eigenvalue weighted by Crippen LogP contribution is 2.46. The quantitative estimate of drug-likeness (QED) is 0.180. The van der Waals surface area contributed by atoms with Crippen LogP contribution in [-0.4, -0.2) is 25.1 Å². The molecule has 2 aliphatic carbocycles. The van der Waals surface area contributed by atoms with Crippen molar-refractivity contribution in [3.63, 3.8) is 0 Å². The molecule has 0 fully saturated rings. The molecular weight excluding hydrogens is 472 g/mol. The second-order valence-corrected chi connectivity index (χ2v) is 10.5. The number of nitrogens with one attached hydrogen (secondary N) is 1. The normalized spacial score (nSPS) is 16.1. The number of pyridine rings is 2. The van der Waals surface area contributed by atoms with Gasteiger partial charge in [-0.3, -0.25) is 14.9 Å². The van der Waals surface area contributed by atoms with Gasteiger partial charge in [0.2, 0.25) is 0 Å². The summed E-state index contributed by atoms with van der Waals surface area (Å²) in [6, 6.07) is 20.9. The fourth-order valence-corrected chi connectivity index (χ4v) is 5.68. The summed E-state index contributed by atoms with van der Waals surface area (Å²) < 4.78 is 0. The zero-order valence-electron chi connectivity index (χ0n) is 21.6. The Labute approximate surface area is 224 Å². The predicted octanol–water partition coefficient (Wildman–Crippen LogP) is 5.55. The fourth-order valence-electron chi connectivity index (χ4n) is 5.68. The van der Waals surface area contributed by atoms with Crippen molar-refractivity contribution in [3.8, 4) is 11.5 Å². The molecule has 194 valence electrons. The lowest BCUT2D eigenvalue weighted by molar-refractivity contribution is 0.163. The summed E-state index contributed by atoms with van der Waals surface area (Å²) in [4.78, 5) is 11.6. The minimum absolute atomic E-state index is 0.152. The molecule has 1 atom stereocenters. The van der Waals surface area contributed by atoms with Crippen LogP contribution in [0.4, 0.5) is 0 Å². The molecule has 0 saturated carbocycles. The lowest BCUT2D eigenvalue weighted by Gasteiger charge is -2.32. The third-order valence-electron chi connectivity index (χ3n) is 7.80. The van der Waals surface area contributed by atoms with Crippen LogP contribution in [0.2, 0.25) is 0 Å². The standard InChI is InChI=1S/C32H34N4O2/c37-30-16-25(32(38)28-17-27(28)30)21-36(29-9-2-1-6-24-7-5-15-35-31(24)29)20-23-12-10-22(11-13-23)18-33-19-26-8-3-4-14-34-26/h3-5,7-8,10-16,29,33,37-38H,1-2,6,9,17-21H2. The van der Waals surface area contributed by atoms with Gasteiger partial charge in [-0.2, -0.15) is 0 Å². The van der Waals surface area contributed by atoms with Crippen molar-refractivity contribution < 1.29 is 10.2 Å². The minimum atomic E-state index is 0.152. The highest BCUT2D eigenvalue weighted by atomic mass is 16.3. The van der Waals surface area contributed by atoms with E-state index in [-0.39, 0.29) is 6.04 Å². The number of aromatic nitrogens is 2. The van der Waals surface area contributed by atoms with E-state index in [2.05, 4.69) is 45.5 Å². The van der Waals surface area contributed by atoms with Gasteiger partial charge in [-0.1, -0.05) is 42.8 Å². The maximum absolute atomic E-state index is 10.9. The van der Waals surface area contributed by atoms with Gasteiger partial charge in [0.15, 0.2) is 0 Å². The van der Waals surface area contributed by atoms with E-state index < -0.39 is 0 Å². The van der Waals surface area contributed by atoms with Crippen LogP contribution in [-0.2, 0) is 39.0 Å². The molecule has 2 aliphatic rings. The number of phenolic OH excluding ortho intramolecular Hbond substituents is 2. The molecule has 0 bridgehead atoms. The Morgan fingerprint density at radius 1 is 0.842 bits per heavy atom. The van der Waals surface area contributed by atoms with Gasteiger partial charge in [-0.15, -0.1) is 0 Å². The summed E-state index contributed by atoms with van der Waals surface area (Å²) in [6.45, 7) is 2.81. The van der Waals surface area contributed by atoms with Gasteiger partial charge in [-0.05, 0) is 60.2 Å². The third-order valence-corrected chi connectivity index (χ3v) is 7.80. The smallest absolute Gasteiger partial charge is 0.124 e. The van der Waals surface area contributed by atoms with Gasteiger partial charge >= 0.3 is 0 Å². The molecule has 38 heavy (non-hydrogen) atoms. The molecule has 6 heteroatoms. The number of phenols is 2. The van der Waals surface area contributed by atoms with E-state index in [0.29, 0.717) is 24.5 Å². The van der Waals surface area contributed by atoms with E-state index in [4.69, 9.17) is 4.98 Å². The number of fused-ring (bicyclic) bond motifs is 2. The Balaban J connectivity index is 1.22. The Hall–Kier alpha value is -3.74. The van der Waals surface area contributed by atoms with Crippen molar-refractivity contribution in [1.82, 2.24) is 20.2 Å². The van der Waals surface area contributed by atoms with Gasteiger partial charge in [0, 0.05) is 61.7 Å². The van der Waals surface area contributed by atoms with E-state index >= 15 is 0 Å². The Morgan fingerprint density at radius 3 is 2.53 bits per heavy atom. The largest absolute Gasteiger partial charge is 0.508 e. The van der Waals surface area contributed by atoms with Crippen molar-refractivity contribution >= 4 is 0 Å². The van der Waals surface area contributed by atoms with Crippen LogP contribution in [0, 0.1) is 0 Å². The highest BCUT2D eigenvalue weighted by Gasteiger charge is 2.31. The summed E-state index contributed by atoms with van der Waals surface area (Å²) in [5, 5.41) is 24.8. The summed E-state index contributed by atoms with van der Waals surface area (Å²) in [7, 11) is 0. The number of aryl methyl sites for hydroxylation is 1. The topological polar surface area (TPSA) is 81.5 Å². The zero-order valence-corrected chi connectivity index (χ0v) is 21.6. The number of aromatic hydroxyl groups is 2. The summed E-state index contributed by atoms with van der Waals surface area (Å²) in [5.41, 5.74) is 8.51. The van der Waals surface area contributed by atoms with Gasteiger partial charge in [0.05, 0.1) is 17.4 Å². The molecule has 0 amide bonds. The molecule has 3 N–H and O–H groups in total. The Morgan fingerprint density at radius 2 is 1.68 bits per heavy atom. The van der Waals surface area contributed by atoms with Crippen LogP contribution in [0.25, 0.3) is 0 Å². The molecule has 4 aromatic rings. The second-order valence-electron chi connectivity index (χ2n) is 10.5. The Kier molecular flexibility index (Phi) is 7.08. The molecule has 0 saturated heterocycles. The number of nitrogens with zero attached hydrogens (tertiary/aromatic N) is 3. The number of hydrogen-bond acceptors (Lipinski definition) is 6. The van der Waals surface area contributed by atoms with Gasteiger partial charge < -0.3 is 15.5 Å². The molecule has 2 heterocycles. The number of rotatable bonds is 9. The molecule has 6 rings (SSSR count). The van der Waals surface area contributed by atoms with Crippen LogP contribution in [0.3, 0.4) is 0 Å². The molecule has 0 aliphatic heterocycles. The first-order valence-corrected chi connectivity index (χ1v) is 13.6. The van der Waals surface area contributed by atoms with Crippen molar-refractivity contribution in [2.24, 2.45) is 0 Å². The molecule has 2 aromatic heterocycles. The molecule has 2 aromatic carbocycles.